The van der Waals surface area contributed by atoms with Crippen molar-refractivity contribution in [2.75, 3.05) is 4.90 Å². The number of aryl methyl sites for hydroxylation is 1. The number of carbonyl (C=O) groups is 3. The number of nitrogens with zero attached hydrogens (tertiary/aromatic N) is 4. The van der Waals surface area contributed by atoms with Crippen molar-refractivity contribution >= 4 is 33.9 Å². The second-order valence-electron chi connectivity index (χ2n) is 7.10. The van der Waals surface area contributed by atoms with Crippen LogP contribution in [-0.4, -0.2) is 32.7 Å². The number of hydrogen-bond donors (Lipinski definition) is 0. The molecule has 0 bridgehead atoms. The Hall–Kier alpha value is -3.20. The molecule has 1 aliphatic heterocycles. The summed E-state index contributed by atoms with van der Waals surface area (Å²) in [6, 6.07) is 5.72. The molecule has 29 heavy (non-hydrogen) atoms. The summed E-state index contributed by atoms with van der Waals surface area (Å²) in [5, 5.41) is 9.26. The van der Waals surface area contributed by atoms with Crippen LogP contribution in [0.15, 0.2) is 41.1 Å². The van der Waals surface area contributed by atoms with Gasteiger partial charge in [0.05, 0.1) is 6.04 Å². The predicted octanol–water partition coefficient (Wildman–Crippen LogP) is 3.11. The molecule has 0 radical (unpaired) electrons. The number of pyridine rings is 1. The van der Waals surface area contributed by atoms with E-state index in [9.17, 15) is 14.4 Å². The van der Waals surface area contributed by atoms with Crippen LogP contribution in [0.5, 0.6) is 0 Å². The van der Waals surface area contributed by atoms with Crippen LogP contribution in [0.4, 0.5) is 5.13 Å². The van der Waals surface area contributed by atoms with Crippen molar-refractivity contribution < 1.29 is 18.8 Å². The fourth-order valence-corrected chi connectivity index (χ4v) is 4.19. The molecule has 0 saturated carbocycles. The third-order valence-electron chi connectivity index (χ3n) is 4.73. The fraction of sp³-hybridized carbons (Fsp3) is 0.300. The number of rotatable bonds is 5. The van der Waals surface area contributed by atoms with Crippen LogP contribution >= 0.6 is 11.3 Å². The number of hydrogen-bond acceptors (Lipinski definition) is 8. The molecule has 4 rings (SSSR count). The Morgan fingerprint density at radius 2 is 2.00 bits per heavy atom. The molecule has 1 amide bonds. The highest BCUT2D eigenvalue weighted by atomic mass is 32.1. The van der Waals surface area contributed by atoms with Gasteiger partial charge >= 0.3 is 0 Å². The first-order valence-corrected chi connectivity index (χ1v) is 9.91. The third-order valence-corrected chi connectivity index (χ3v) is 5.95. The molecule has 3 aromatic heterocycles. The Morgan fingerprint density at radius 3 is 2.59 bits per heavy atom. The first-order chi connectivity index (χ1) is 13.9. The van der Waals surface area contributed by atoms with Gasteiger partial charge in [-0.15, -0.1) is 10.2 Å². The van der Waals surface area contributed by atoms with E-state index in [1.54, 1.807) is 37.5 Å². The van der Waals surface area contributed by atoms with Crippen molar-refractivity contribution in [1.82, 2.24) is 15.2 Å². The maximum Gasteiger partial charge on any atom is 0.297 e. The van der Waals surface area contributed by atoms with Crippen LogP contribution in [0.3, 0.4) is 0 Å². The van der Waals surface area contributed by atoms with Gasteiger partial charge in [0, 0.05) is 18.3 Å². The van der Waals surface area contributed by atoms with Crippen molar-refractivity contribution in [2.24, 2.45) is 5.92 Å². The first-order valence-electron chi connectivity index (χ1n) is 9.10. The van der Waals surface area contributed by atoms with E-state index >= 15 is 0 Å². The Balaban J connectivity index is 1.83. The molecule has 2 unspecified atom stereocenters. The van der Waals surface area contributed by atoms with Crippen LogP contribution in [0.25, 0.3) is 0 Å². The number of furan rings is 1. The molecule has 0 aromatic carbocycles. The average Bonchev–Trinajstić information content (AvgIpc) is 3.41. The van der Waals surface area contributed by atoms with Crippen LogP contribution in [0.2, 0.25) is 0 Å². The van der Waals surface area contributed by atoms with Gasteiger partial charge in [0.15, 0.2) is 5.76 Å². The Bertz CT molecular complexity index is 1090. The molecule has 0 N–H and O–H groups in total. The SMILES string of the molecule is Cc1ccc(C(=O)C2C(=O)C(=O)N(c3nnc(C(C)C)s3)C2c2cccnc2)o1. The summed E-state index contributed by atoms with van der Waals surface area (Å²) >= 11 is 1.23. The molecule has 1 aliphatic rings. The van der Waals surface area contributed by atoms with Crippen LogP contribution < -0.4 is 4.90 Å². The highest BCUT2D eigenvalue weighted by Gasteiger charge is 2.54. The van der Waals surface area contributed by atoms with Gasteiger partial charge in [-0.1, -0.05) is 31.3 Å². The van der Waals surface area contributed by atoms with Gasteiger partial charge in [0.2, 0.25) is 16.7 Å². The molecule has 8 nitrogen and oxygen atoms in total. The monoisotopic (exact) mass is 410 g/mol. The zero-order valence-electron chi connectivity index (χ0n) is 16.0. The van der Waals surface area contributed by atoms with E-state index in [-0.39, 0.29) is 16.8 Å². The summed E-state index contributed by atoms with van der Waals surface area (Å²) in [6.45, 7) is 5.63. The number of aromatic nitrogens is 3. The summed E-state index contributed by atoms with van der Waals surface area (Å²) in [6.07, 6.45) is 3.13. The maximum absolute atomic E-state index is 13.1. The van der Waals surface area contributed by atoms with E-state index in [1.165, 1.54) is 22.3 Å². The molecule has 1 fully saturated rings. The van der Waals surface area contributed by atoms with E-state index in [0.717, 1.165) is 5.01 Å². The predicted molar refractivity (Wildman–Crippen MR) is 105 cm³/mol. The van der Waals surface area contributed by atoms with Crippen LogP contribution in [0, 0.1) is 12.8 Å². The van der Waals surface area contributed by atoms with Crippen LogP contribution in [-0.2, 0) is 9.59 Å². The Kier molecular flexibility index (Phi) is 4.83. The lowest BCUT2D eigenvalue weighted by molar-refractivity contribution is -0.135. The summed E-state index contributed by atoms with van der Waals surface area (Å²) in [4.78, 5) is 44.4. The second kappa shape index (κ2) is 7.32. The van der Waals surface area contributed by atoms with Crippen molar-refractivity contribution in [1.29, 1.82) is 0 Å². The van der Waals surface area contributed by atoms with E-state index < -0.39 is 29.4 Å². The van der Waals surface area contributed by atoms with E-state index in [4.69, 9.17) is 4.42 Å². The highest BCUT2D eigenvalue weighted by molar-refractivity contribution is 7.15. The molecule has 0 spiro atoms. The minimum absolute atomic E-state index is 0.0459. The Labute approximate surface area is 170 Å². The minimum atomic E-state index is -1.25. The molecule has 1 saturated heterocycles. The number of carbonyl (C=O) groups excluding carboxylic acids is 3. The largest absolute Gasteiger partial charge is 0.458 e. The normalized spacial score (nSPS) is 19.4. The van der Waals surface area contributed by atoms with Gasteiger partial charge in [0.1, 0.15) is 16.7 Å². The van der Waals surface area contributed by atoms with Crippen molar-refractivity contribution in [2.45, 2.75) is 32.7 Å². The summed E-state index contributed by atoms with van der Waals surface area (Å²) < 4.78 is 5.43. The quantitative estimate of drug-likeness (QED) is 0.361. The third kappa shape index (κ3) is 3.27. The number of anilines is 1. The van der Waals surface area contributed by atoms with E-state index in [0.29, 0.717) is 11.3 Å². The lowest BCUT2D eigenvalue weighted by Gasteiger charge is -2.24. The molecule has 2 atom stereocenters. The second-order valence-corrected chi connectivity index (χ2v) is 8.09. The van der Waals surface area contributed by atoms with Gasteiger partial charge in [-0.25, -0.2) is 0 Å². The first kappa shape index (κ1) is 19.1. The number of Topliss-reactive ketones (excluding diaryl/α,β-unsaturated/α-hetero) is 2. The smallest absolute Gasteiger partial charge is 0.297 e. The summed E-state index contributed by atoms with van der Waals surface area (Å²) in [5.74, 6) is -2.65. The fourth-order valence-electron chi connectivity index (χ4n) is 3.31. The van der Waals surface area contributed by atoms with Crippen molar-refractivity contribution in [3.8, 4) is 0 Å². The van der Waals surface area contributed by atoms with Crippen molar-refractivity contribution in [3.63, 3.8) is 0 Å². The highest BCUT2D eigenvalue weighted by Crippen LogP contribution is 2.42. The average molecular weight is 410 g/mol. The lowest BCUT2D eigenvalue weighted by atomic mass is 9.89. The van der Waals surface area contributed by atoms with E-state index in [1.807, 2.05) is 13.8 Å². The number of amides is 1. The molecular weight excluding hydrogens is 392 g/mol. The topological polar surface area (TPSA) is 106 Å². The van der Waals surface area contributed by atoms with Gasteiger partial charge in [-0.05, 0) is 30.7 Å². The van der Waals surface area contributed by atoms with Crippen LogP contribution in [0.1, 0.15) is 52.7 Å². The molecular formula is C20H18N4O4S. The van der Waals surface area contributed by atoms with Crippen molar-refractivity contribution in [3.05, 3.63) is 58.8 Å². The molecule has 148 valence electrons. The molecule has 3 aromatic rings. The summed E-state index contributed by atoms with van der Waals surface area (Å²) in [5.41, 5.74) is 0.564. The molecule has 4 heterocycles. The zero-order valence-corrected chi connectivity index (χ0v) is 16.8. The molecule has 0 aliphatic carbocycles. The number of ketones is 2. The maximum atomic E-state index is 13.1. The van der Waals surface area contributed by atoms with Gasteiger partial charge in [0.25, 0.3) is 5.91 Å². The lowest BCUT2D eigenvalue weighted by Crippen LogP contribution is -2.30. The van der Waals surface area contributed by atoms with Gasteiger partial charge in [-0.2, -0.15) is 0 Å². The zero-order chi connectivity index (χ0) is 20.7. The Morgan fingerprint density at radius 1 is 1.21 bits per heavy atom. The minimum Gasteiger partial charge on any atom is -0.458 e. The van der Waals surface area contributed by atoms with E-state index in [2.05, 4.69) is 15.2 Å². The summed E-state index contributed by atoms with van der Waals surface area (Å²) in [7, 11) is 0. The van der Waals surface area contributed by atoms with Gasteiger partial charge in [-0.3, -0.25) is 24.3 Å². The van der Waals surface area contributed by atoms with Gasteiger partial charge < -0.3 is 4.42 Å². The standard InChI is InChI=1S/C20H18N4O4S/c1-10(2)18-22-23-20(29-18)24-15(12-5-4-8-21-9-12)14(17(26)19(24)27)16(25)13-7-6-11(3)28-13/h4-10,14-15H,1-3H3. The molecule has 9 heteroatoms.